The van der Waals surface area contributed by atoms with Gasteiger partial charge in [-0.25, -0.2) is 0 Å². The van der Waals surface area contributed by atoms with E-state index < -0.39 is 0 Å². The van der Waals surface area contributed by atoms with E-state index in [4.69, 9.17) is 0 Å². The molecule has 0 aromatic carbocycles. The minimum absolute atomic E-state index is 0.831. The number of hydrogen-bond acceptors (Lipinski definition) is 1. The molecule has 1 saturated carbocycles. The van der Waals surface area contributed by atoms with Gasteiger partial charge >= 0.3 is 0 Å². The van der Waals surface area contributed by atoms with Gasteiger partial charge in [-0.05, 0) is 37.6 Å². The van der Waals surface area contributed by atoms with Gasteiger partial charge in [0.15, 0.2) is 0 Å². The molecule has 0 spiro atoms. The molecule has 1 aliphatic carbocycles. The van der Waals surface area contributed by atoms with Gasteiger partial charge in [-0.15, -0.1) is 0 Å². The lowest BCUT2D eigenvalue weighted by molar-refractivity contribution is 0.254. The molecule has 16 heavy (non-hydrogen) atoms. The molecule has 0 aromatic heterocycles. The first-order valence-corrected chi connectivity index (χ1v) is 7.47. The van der Waals surface area contributed by atoms with Gasteiger partial charge in [0.2, 0.25) is 0 Å². The maximum atomic E-state index is 3.80. The zero-order valence-corrected chi connectivity index (χ0v) is 11.6. The standard InChI is InChI=1S/C15H31N/c1-4-14-10-5-6-11-15(14)16-12-8-7-9-13(2)3/h13-16H,4-12H2,1-3H3. The van der Waals surface area contributed by atoms with Gasteiger partial charge < -0.3 is 5.32 Å². The first kappa shape index (κ1) is 14.0. The van der Waals surface area contributed by atoms with Crippen LogP contribution in [-0.4, -0.2) is 12.6 Å². The molecule has 0 aromatic rings. The fourth-order valence-electron chi connectivity index (χ4n) is 2.93. The van der Waals surface area contributed by atoms with Crippen molar-refractivity contribution in [2.24, 2.45) is 11.8 Å². The Morgan fingerprint density at radius 2 is 1.88 bits per heavy atom. The van der Waals surface area contributed by atoms with Crippen molar-refractivity contribution in [3.8, 4) is 0 Å². The SMILES string of the molecule is CCC1CCCCC1NCCCCC(C)C. The van der Waals surface area contributed by atoms with Gasteiger partial charge in [0.25, 0.3) is 0 Å². The summed E-state index contributed by atoms with van der Waals surface area (Å²) in [6, 6.07) is 0.831. The average molecular weight is 225 g/mol. The van der Waals surface area contributed by atoms with E-state index in [2.05, 4.69) is 26.1 Å². The van der Waals surface area contributed by atoms with Gasteiger partial charge in [0, 0.05) is 6.04 Å². The molecule has 2 atom stereocenters. The van der Waals surface area contributed by atoms with Crippen molar-refractivity contribution in [1.82, 2.24) is 5.32 Å². The molecule has 2 unspecified atom stereocenters. The fraction of sp³-hybridized carbons (Fsp3) is 1.00. The van der Waals surface area contributed by atoms with Crippen LogP contribution in [0.15, 0.2) is 0 Å². The van der Waals surface area contributed by atoms with Crippen LogP contribution in [0.4, 0.5) is 0 Å². The average Bonchev–Trinajstić information content (AvgIpc) is 2.29. The van der Waals surface area contributed by atoms with Crippen LogP contribution < -0.4 is 5.32 Å². The maximum Gasteiger partial charge on any atom is 0.00952 e. The van der Waals surface area contributed by atoms with Crippen molar-refractivity contribution in [2.75, 3.05) is 6.54 Å². The van der Waals surface area contributed by atoms with Crippen LogP contribution in [0.2, 0.25) is 0 Å². The normalized spacial score (nSPS) is 26.2. The molecule has 0 heterocycles. The van der Waals surface area contributed by atoms with Crippen LogP contribution in [0.3, 0.4) is 0 Å². The van der Waals surface area contributed by atoms with Crippen molar-refractivity contribution < 1.29 is 0 Å². The van der Waals surface area contributed by atoms with Gasteiger partial charge in [-0.3, -0.25) is 0 Å². The Balaban J connectivity index is 2.06. The summed E-state index contributed by atoms with van der Waals surface area (Å²) in [5, 5.41) is 3.80. The second-order valence-electron chi connectivity index (χ2n) is 5.90. The smallest absolute Gasteiger partial charge is 0.00952 e. The minimum atomic E-state index is 0.831. The molecular weight excluding hydrogens is 194 g/mol. The Bertz CT molecular complexity index is 165. The highest BCUT2D eigenvalue weighted by Gasteiger charge is 2.22. The molecule has 0 aliphatic heterocycles. The number of rotatable bonds is 7. The predicted octanol–water partition coefficient (Wildman–Crippen LogP) is 4.37. The molecule has 1 fully saturated rings. The minimum Gasteiger partial charge on any atom is -0.314 e. The van der Waals surface area contributed by atoms with Gasteiger partial charge in [0.1, 0.15) is 0 Å². The Hall–Kier alpha value is -0.0400. The lowest BCUT2D eigenvalue weighted by atomic mass is 9.83. The molecule has 0 amide bonds. The number of hydrogen-bond donors (Lipinski definition) is 1. The Morgan fingerprint density at radius 3 is 2.56 bits per heavy atom. The van der Waals surface area contributed by atoms with E-state index in [1.165, 1.54) is 57.9 Å². The summed E-state index contributed by atoms with van der Waals surface area (Å²) in [7, 11) is 0. The summed E-state index contributed by atoms with van der Waals surface area (Å²) < 4.78 is 0. The topological polar surface area (TPSA) is 12.0 Å². The highest BCUT2D eigenvalue weighted by Crippen LogP contribution is 2.26. The molecule has 1 aliphatic rings. The van der Waals surface area contributed by atoms with E-state index in [0.717, 1.165) is 17.9 Å². The zero-order chi connectivity index (χ0) is 11.8. The van der Waals surface area contributed by atoms with Crippen LogP contribution in [-0.2, 0) is 0 Å². The fourth-order valence-corrected chi connectivity index (χ4v) is 2.93. The van der Waals surface area contributed by atoms with Crippen molar-refractivity contribution in [3.63, 3.8) is 0 Å². The van der Waals surface area contributed by atoms with Gasteiger partial charge in [0.05, 0.1) is 0 Å². The van der Waals surface area contributed by atoms with Crippen LogP contribution >= 0.6 is 0 Å². The predicted molar refractivity (Wildman–Crippen MR) is 72.7 cm³/mol. The van der Waals surface area contributed by atoms with Crippen LogP contribution in [0.1, 0.15) is 72.1 Å². The van der Waals surface area contributed by atoms with Gasteiger partial charge in [-0.2, -0.15) is 0 Å². The van der Waals surface area contributed by atoms with E-state index in [0.29, 0.717) is 0 Å². The number of unbranched alkanes of at least 4 members (excludes halogenated alkanes) is 1. The van der Waals surface area contributed by atoms with Crippen molar-refractivity contribution in [3.05, 3.63) is 0 Å². The molecule has 1 heteroatoms. The van der Waals surface area contributed by atoms with E-state index in [9.17, 15) is 0 Å². The maximum absolute atomic E-state index is 3.80. The van der Waals surface area contributed by atoms with Crippen LogP contribution in [0.5, 0.6) is 0 Å². The van der Waals surface area contributed by atoms with Gasteiger partial charge in [-0.1, -0.05) is 52.9 Å². The van der Waals surface area contributed by atoms with Crippen molar-refractivity contribution >= 4 is 0 Å². The van der Waals surface area contributed by atoms with E-state index in [1.54, 1.807) is 0 Å². The lowest BCUT2D eigenvalue weighted by Gasteiger charge is -2.31. The van der Waals surface area contributed by atoms with Crippen LogP contribution in [0.25, 0.3) is 0 Å². The highest BCUT2D eigenvalue weighted by atomic mass is 14.9. The lowest BCUT2D eigenvalue weighted by Crippen LogP contribution is -2.38. The van der Waals surface area contributed by atoms with E-state index >= 15 is 0 Å². The van der Waals surface area contributed by atoms with Crippen molar-refractivity contribution in [1.29, 1.82) is 0 Å². The molecule has 1 rings (SSSR count). The molecular formula is C15H31N. The summed E-state index contributed by atoms with van der Waals surface area (Å²) in [6.07, 6.45) is 11.3. The van der Waals surface area contributed by atoms with Crippen molar-refractivity contribution in [2.45, 2.75) is 78.2 Å². The third-order valence-corrected chi connectivity index (χ3v) is 4.05. The molecule has 0 bridgehead atoms. The molecule has 96 valence electrons. The highest BCUT2D eigenvalue weighted by molar-refractivity contribution is 4.79. The van der Waals surface area contributed by atoms with Crippen LogP contribution in [0, 0.1) is 11.8 Å². The summed E-state index contributed by atoms with van der Waals surface area (Å²) in [5.74, 6) is 1.83. The summed E-state index contributed by atoms with van der Waals surface area (Å²) in [6.45, 7) is 8.24. The Labute approximate surface area is 102 Å². The quantitative estimate of drug-likeness (QED) is 0.634. The Kier molecular flexibility index (Phi) is 7.11. The summed E-state index contributed by atoms with van der Waals surface area (Å²) in [4.78, 5) is 0. The molecule has 1 N–H and O–H groups in total. The Morgan fingerprint density at radius 1 is 1.12 bits per heavy atom. The summed E-state index contributed by atoms with van der Waals surface area (Å²) in [5.41, 5.74) is 0. The third-order valence-electron chi connectivity index (χ3n) is 4.05. The largest absolute Gasteiger partial charge is 0.314 e. The third kappa shape index (κ3) is 5.34. The monoisotopic (exact) mass is 225 g/mol. The van der Waals surface area contributed by atoms with E-state index in [-0.39, 0.29) is 0 Å². The first-order valence-electron chi connectivity index (χ1n) is 7.47. The molecule has 0 saturated heterocycles. The first-order chi connectivity index (χ1) is 7.74. The second kappa shape index (κ2) is 8.11. The van der Waals surface area contributed by atoms with E-state index in [1.807, 2.05) is 0 Å². The summed E-state index contributed by atoms with van der Waals surface area (Å²) >= 11 is 0. The number of nitrogens with one attached hydrogen (secondary N) is 1. The molecule has 0 radical (unpaired) electrons. The second-order valence-corrected chi connectivity index (χ2v) is 5.90. The zero-order valence-electron chi connectivity index (χ0n) is 11.6. The molecule has 1 nitrogen and oxygen atoms in total.